The van der Waals surface area contributed by atoms with Crippen LogP contribution in [0.15, 0.2) is 79.1 Å². The summed E-state index contributed by atoms with van der Waals surface area (Å²) in [6.07, 6.45) is 10.6. The quantitative estimate of drug-likeness (QED) is 0.150. The number of hydrogen-bond acceptors (Lipinski definition) is 10. The van der Waals surface area contributed by atoms with E-state index >= 15 is 0 Å². The first-order valence-electron chi connectivity index (χ1n) is 22.6. The number of carbonyl (C=O) groups excluding carboxylic acids is 4. The monoisotopic (exact) mass is 850 g/mol. The topological polar surface area (TPSA) is 172 Å². The van der Waals surface area contributed by atoms with Gasteiger partial charge in [-0.2, -0.15) is 5.10 Å². The number of piperidine rings is 4. The number of carbonyl (C=O) groups is 4. The number of urea groups is 1. The minimum absolute atomic E-state index is 0.0415. The van der Waals surface area contributed by atoms with Crippen molar-refractivity contribution in [1.29, 1.82) is 0 Å². The third-order valence-corrected chi connectivity index (χ3v) is 14.0. The van der Waals surface area contributed by atoms with Crippen molar-refractivity contribution >= 4 is 46.3 Å². The number of amides is 5. The van der Waals surface area contributed by atoms with Crippen molar-refractivity contribution in [2.24, 2.45) is 11.8 Å². The first-order chi connectivity index (χ1) is 30.8. The van der Waals surface area contributed by atoms with Gasteiger partial charge in [0.1, 0.15) is 35.4 Å². The van der Waals surface area contributed by atoms with Crippen LogP contribution in [0.2, 0.25) is 0 Å². The fourth-order valence-corrected chi connectivity index (χ4v) is 10.4. The summed E-state index contributed by atoms with van der Waals surface area (Å²) in [5.41, 5.74) is 11.5. The Hall–Kier alpha value is -6.51. The number of hydrogen-bond donors (Lipinski definition) is 2. The summed E-state index contributed by atoms with van der Waals surface area (Å²) >= 11 is 0. The van der Waals surface area contributed by atoms with Crippen molar-refractivity contribution in [1.82, 2.24) is 39.8 Å². The number of rotatable bonds is 9. The number of nitrogens with one attached hydrogen (secondary N) is 1. The SMILES string of the molecule is Nc1ncnc2c1c(-c1ccc(Oc3ccccc3)cc1)nn2[C@@H]1CCCN(C(=O)N2CCC(CCC3CCN(c4ccc5c(c4)CN(C4CCC(=O)NC4=O)C5=O)CC3)CC2)C1. The van der Waals surface area contributed by atoms with Crippen LogP contribution in [-0.4, -0.2) is 104 Å². The summed E-state index contributed by atoms with van der Waals surface area (Å²) in [6, 6.07) is 23.0. The Morgan fingerprint density at radius 1 is 0.794 bits per heavy atom. The second-order valence-electron chi connectivity index (χ2n) is 17.9. The van der Waals surface area contributed by atoms with E-state index in [-0.39, 0.29) is 36.2 Å². The van der Waals surface area contributed by atoms with E-state index < -0.39 is 6.04 Å². The molecule has 3 N–H and O–H groups in total. The Labute approximate surface area is 366 Å². The molecule has 15 nitrogen and oxygen atoms in total. The van der Waals surface area contributed by atoms with Crippen LogP contribution in [0.1, 0.15) is 86.2 Å². The number of nitrogen functional groups attached to an aromatic ring is 1. The number of nitrogens with two attached hydrogens (primary N) is 1. The fraction of sp³-hybridized carbons (Fsp3) is 0.438. The lowest BCUT2D eigenvalue weighted by Gasteiger charge is -2.39. The molecule has 0 spiro atoms. The molecule has 0 radical (unpaired) electrons. The van der Waals surface area contributed by atoms with Crippen LogP contribution >= 0.6 is 0 Å². The Balaban J connectivity index is 0.700. The van der Waals surface area contributed by atoms with E-state index in [1.165, 1.54) is 19.2 Å². The van der Waals surface area contributed by atoms with Gasteiger partial charge in [-0.25, -0.2) is 19.4 Å². The van der Waals surface area contributed by atoms with Crippen LogP contribution in [0, 0.1) is 11.8 Å². The smallest absolute Gasteiger partial charge is 0.320 e. The number of likely N-dealkylation sites (tertiary alicyclic amines) is 2. The molecule has 5 aromatic rings. The number of para-hydroxylation sites is 1. The summed E-state index contributed by atoms with van der Waals surface area (Å²) in [7, 11) is 0. The van der Waals surface area contributed by atoms with Gasteiger partial charge in [-0.3, -0.25) is 19.7 Å². The second-order valence-corrected chi connectivity index (χ2v) is 17.9. The third-order valence-electron chi connectivity index (χ3n) is 14.0. The number of nitrogens with zero attached hydrogens (tertiary/aromatic N) is 8. The zero-order valence-electron chi connectivity index (χ0n) is 35.5. The van der Waals surface area contributed by atoms with Gasteiger partial charge >= 0.3 is 6.03 Å². The van der Waals surface area contributed by atoms with E-state index in [1.54, 1.807) is 4.90 Å². The molecule has 2 atom stereocenters. The molecule has 326 valence electrons. The Bertz CT molecular complexity index is 2510. The van der Waals surface area contributed by atoms with Crippen LogP contribution in [-0.2, 0) is 16.1 Å². The molecule has 7 heterocycles. The van der Waals surface area contributed by atoms with E-state index in [2.05, 4.69) is 31.2 Å². The molecule has 5 aliphatic heterocycles. The zero-order chi connectivity index (χ0) is 43.0. The second kappa shape index (κ2) is 17.3. The number of aromatic nitrogens is 4. The molecule has 10 rings (SSSR count). The molecule has 1 unspecified atom stereocenters. The number of anilines is 2. The van der Waals surface area contributed by atoms with Gasteiger partial charge in [-0.15, -0.1) is 0 Å². The van der Waals surface area contributed by atoms with Crippen molar-refractivity contribution in [2.45, 2.75) is 82.8 Å². The van der Waals surface area contributed by atoms with Gasteiger partial charge in [-0.1, -0.05) is 31.0 Å². The summed E-state index contributed by atoms with van der Waals surface area (Å²) in [6.45, 7) is 5.21. The molecule has 4 saturated heterocycles. The number of fused-ring (bicyclic) bond motifs is 2. The molecule has 63 heavy (non-hydrogen) atoms. The minimum Gasteiger partial charge on any atom is -0.457 e. The molecule has 15 heteroatoms. The van der Waals surface area contributed by atoms with Crippen LogP contribution in [0.3, 0.4) is 0 Å². The van der Waals surface area contributed by atoms with Gasteiger partial charge in [0.05, 0.1) is 11.4 Å². The lowest BCUT2D eigenvalue weighted by Crippen LogP contribution is -2.52. The van der Waals surface area contributed by atoms with Gasteiger partial charge in [0.2, 0.25) is 11.8 Å². The highest BCUT2D eigenvalue weighted by atomic mass is 16.5. The Morgan fingerprint density at radius 2 is 1.52 bits per heavy atom. The molecule has 0 bridgehead atoms. The van der Waals surface area contributed by atoms with E-state index in [0.29, 0.717) is 59.5 Å². The van der Waals surface area contributed by atoms with E-state index in [1.807, 2.05) is 76.3 Å². The predicted molar refractivity (Wildman–Crippen MR) is 238 cm³/mol. The van der Waals surface area contributed by atoms with Gasteiger partial charge < -0.3 is 30.1 Å². The van der Waals surface area contributed by atoms with Crippen LogP contribution in [0.4, 0.5) is 16.3 Å². The van der Waals surface area contributed by atoms with Gasteiger partial charge in [-0.05, 0) is 117 Å². The van der Waals surface area contributed by atoms with Crippen molar-refractivity contribution in [3.8, 4) is 22.8 Å². The predicted octanol–water partition coefficient (Wildman–Crippen LogP) is 6.79. The first-order valence-corrected chi connectivity index (χ1v) is 22.6. The van der Waals surface area contributed by atoms with E-state index in [9.17, 15) is 19.2 Å². The van der Waals surface area contributed by atoms with Crippen molar-refractivity contribution < 1.29 is 23.9 Å². The summed E-state index contributed by atoms with van der Waals surface area (Å²) in [5, 5.41) is 8.19. The lowest BCUT2D eigenvalue weighted by atomic mass is 9.85. The van der Waals surface area contributed by atoms with Crippen molar-refractivity contribution in [2.75, 3.05) is 49.9 Å². The molecule has 4 fully saturated rings. The standard InChI is InChI=1S/C48H54N10O5/c49-44-42-43(33-10-13-38(14-11-33)63-37-6-2-1-3-7-37)53-58(45(42)51-30-50-44)36-5-4-22-56(29-36)48(62)55-25-20-32(21-26-55)9-8-31-18-23-54(24-19-31)35-12-15-39-34(27-35)28-57(47(39)61)40-16-17-41(59)52-46(40)60/h1-3,6-7,10-15,27,30-32,36,40H,4-5,8-9,16-26,28-29H2,(H2,49,50,51)(H,52,59,60)/t36-,40?/m1/s1. The normalized spacial score (nSPS) is 21.2. The first kappa shape index (κ1) is 40.6. The van der Waals surface area contributed by atoms with Crippen molar-refractivity contribution in [3.63, 3.8) is 0 Å². The molecular formula is C48H54N10O5. The maximum atomic E-state index is 14.0. The lowest BCUT2D eigenvalue weighted by molar-refractivity contribution is -0.136. The fourth-order valence-electron chi connectivity index (χ4n) is 10.4. The number of benzene rings is 3. The largest absolute Gasteiger partial charge is 0.457 e. The number of imide groups is 1. The molecule has 2 aromatic heterocycles. The maximum absolute atomic E-state index is 14.0. The molecule has 0 aliphatic carbocycles. The van der Waals surface area contributed by atoms with E-state index in [0.717, 1.165) is 99.6 Å². The molecule has 3 aromatic carbocycles. The van der Waals surface area contributed by atoms with Crippen LogP contribution < -0.4 is 20.7 Å². The molecular weight excluding hydrogens is 797 g/mol. The molecule has 5 amide bonds. The van der Waals surface area contributed by atoms with Crippen LogP contribution in [0.25, 0.3) is 22.3 Å². The minimum atomic E-state index is -0.600. The highest BCUT2D eigenvalue weighted by Crippen LogP contribution is 2.37. The van der Waals surface area contributed by atoms with Crippen LogP contribution in [0.5, 0.6) is 11.5 Å². The summed E-state index contributed by atoms with van der Waals surface area (Å²) < 4.78 is 7.97. The van der Waals surface area contributed by atoms with Gasteiger partial charge in [0.15, 0.2) is 5.65 Å². The highest BCUT2D eigenvalue weighted by Gasteiger charge is 2.39. The highest BCUT2D eigenvalue weighted by molar-refractivity contribution is 6.05. The third kappa shape index (κ3) is 8.28. The summed E-state index contributed by atoms with van der Waals surface area (Å²) in [5.74, 6) is 2.37. The molecule has 5 aliphatic rings. The average Bonchev–Trinajstić information content (AvgIpc) is 3.87. The van der Waals surface area contributed by atoms with E-state index in [4.69, 9.17) is 15.6 Å². The number of ether oxygens (including phenoxy) is 1. The Morgan fingerprint density at radius 3 is 2.27 bits per heavy atom. The zero-order valence-corrected chi connectivity index (χ0v) is 35.5. The van der Waals surface area contributed by atoms with Gasteiger partial charge in [0.25, 0.3) is 5.91 Å². The maximum Gasteiger partial charge on any atom is 0.320 e. The summed E-state index contributed by atoms with van der Waals surface area (Å²) in [4.78, 5) is 68.4. The average molecular weight is 851 g/mol. The van der Waals surface area contributed by atoms with Gasteiger partial charge in [0, 0.05) is 69.0 Å². The Kier molecular flexibility index (Phi) is 11.2. The molecule has 0 saturated carbocycles. The van der Waals surface area contributed by atoms with Crippen molar-refractivity contribution in [3.05, 3.63) is 90.3 Å².